The molecular weight excluding hydrogens is 354 g/mol. The number of carbonyl (C=O) groups is 2. The summed E-state index contributed by atoms with van der Waals surface area (Å²) in [6.45, 7) is 0.734. The largest absolute Gasteiger partial charge is 0.497 e. The molecule has 0 radical (unpaired) electrons. The Morgan fingerprint density at radius 3 is 2.18 bits per heavy atom. The van der Waals surface area contributed by atoms with Gasteiger partial charge in [-0.25, -0.2) is 4.79 Å². The summed E-state index contributed by atoms with van der Waals surface area (Å²) in [5, 5.41) is 5.88. The van der Waals surface area contributed by atoms with Crippen LogP contribution in [0.2, 0.25) is 0 Å². The van der Waals surface area contributed by atoms with E-state index in [1.165, 1.54) is 0 Å². The van der Waals surface area contributed by atoms with E-state index in [0.29, 0.717) is 0 Å². The third-order valence-electron chi connectivity index (χ3n) is 5.37. The molecule has 1 heterocycles. The number of carbonyl (C=O) groups excluding carboxylic acids is 2. The van der Waals surface area contributed by atoms with Crippen molar-refractivity contribution in [3.8, 4) is 5.75 Å². The predicted octanol–water partition coefficient (Wildman–Crippen LogP) is 4.41. The summed E-state index contributed by atoms with van der Waals surface area (Å²) < 4.78 is 5.22. The van der Waals surface area contributed by atoms with Crippen LogP contribution in [0.25, 0.3) is 0 Å². The van der Waals surface area contributed by atoms with Gasteiger partial charge in [-0.1, -0.05) is 12.1 Å². The molecule has 2 aromatic rings. The fourth-order valence-corrected chi connectivity index (χ4v) is 3.60. The van der Waals surface area contributed by atoms with Crippen molar-refractivity contribution in [2.75, 3.05) is 24.3 Å². The van der Waals surface area contributed by atoms with Crippen LogP contribution in [-0.4, -0.2) is 30.5 Å². The second-order valence-corrected chi connectivity index (χ2v) is 7.40. The zero-order valence-electron chi connectivity index (χ0n) is 16.0. The van der Waals surface area contributed by atoms with Gasteiger partial charge in [-0.05, 0) is 67.6 Å². The number of amides is 3. The molecule has 2 aliphatic rings. The average molecular weight is 379 g/mol. The first-order chi connectivity index (χ1) is 13.6. The van der Waals surface area contributed by atoms with Crippen LogP contribution in [0.15, 0.2) is 48.5 Å². The second-order valence-electron chi connectivity index (χ2n) is 7.40. The third-order valence-corrected chi connectivity index (χ3v) is 5.37. The van der Waals surface area contributed by atoms with E-state index >= 15 is 0 Å². The number of anilines is 2. The van der Waals surface area contributed by atoms with E-state index in [-0.39, 0.29) is 23.9 Å². The number of likely N-dealkylation sites (tertiary alicyclic amines) is 1. The molecule has 2 fully saturated rings. The molecular formula is C22H25N3O3. The molecule has 0 aromatic heterocycles. The lowest BCUT2D eigenvalue weighted by molar-refractivity contribution is -0.117. The Morgan fingerprint density at radius 1 is 0.929 bits per heavy atom. The van der Waals surface area contributed by atoms with Crippen LogP contribution in [0.4, 0.5) is 16.2 Å². The highest BCUT2D eigenvalue weighted by atomic mass is 16.5. The van der Waals surface area contributed by atoms with E-state index in [9.17, 15) is 9.59 Å². The van der Waals surface area contributed by atoms with Crippen LogP contribution in [0.3, 0.4) is 0 Å². The Bertz CT molecular complexity index is 844. The Kier molecular flexibility index (Phi) is 5.19. The van der Waals surface area contributed by atoms with Gasteiger partial charge in [0.1, 0.15) is 5.75 Å². The van der Waals surface area contributed by atoms with Crippen molar-refractivity contribution in [3.63, 3.8) is 0 Å². The van der Waals surface area contributed by atoms with Crippen LogP contribution in [0, 0.1) is 5.92 Å². The van der Waals surface area contributed by atoms with Crippen molar-refractivity contribution >= 4 is 23.3 Å². The molecule has 0 spiro atoms. The first-order valence-corrected chi connectivity index (χ1v) is 9.76. The number of benzene rings is 2. The van der Waals surface area contributed by atoms with Crippen molar-refractivity contribution in [2.45, 2.75) is 31.7 Å². The van der Waals surface area contributed by atoms with E-state index in [2.05, 4.69) is 10.6 Å². The molecule has 2 aromatic carbocycles. The number of hydrogen-bond donors (Lipinski definition) is 2. The van der Waals surface area contributed by atoms with Gasteiger partial charge in [0.25, 0.3) is 0 Å². The minimum absolute atomic E-state index is 0.0722. The van der Waals surface area contributed by atoms with Crippen LogP contribution in [0.5, 0.6) is 5.75 Å². The quantitative estimate of drug-likeness (QED) is 0.808. The lowest BCUT2D eigenvalue weighted by Gasteiger charge is -2.25. The van der Waals surface area contributed by atoms with Gasteiger partial charge in [-0.2, -0.15) is 0 Å². The molecule has 28 heavy (non-hydrogen) atoms. The zero-order chi connectivity index (χ0) is 19.5. The number of ether oxygens (including phenoxy) is 1. The Labute approximate surface area is 164 Å². The van der Waals surface area contributed by atoms with Crippen molar-refractivity contribution < 1.29 is 14.3 Å². The lowest BCUT2D eigenvalue weighted by Crippen LogP contribution is -2.34. The Morgan fingerprint density at radius 2 is 1.57 bits per heavy atom. The molecule has 4 rings (SSSR count). The van der Waals surface area contributed by atoms with E-state index in [1.54, 1.807) is 7.11 Å². The third kappa shape index (κ3) is 4.11. The summed E-state index contributed by atoms with van der Waals surface area (Å²) in [5.41, 5.74) is 2.59. The van der Waals surface area contributed by atoms with Crippen LogP contribution < -0.4 is 15.4 Å². The fraction of sp³-hybridized carbons (Fsp3) is 0.364. The van der Waals surface area contributed by atoms with Gasteiger partial charge in [0.15, 0.2) is 0 Å². The monoisotopic (exact) mass is 379 g/mol. The first kappa shape index (κ1) is 18.3. The van der Waals surface area contributed by atoms with Crippen molar-refractivity contribution in [1.82, 2.24) is 4.90 Å². The summed E-state index contributed by atoms with van der Waals surface area (Å²) >= 11 is 0. The van der Waals surface area contributed by atoms with E-state index in [0.717, 1.165) is 54.9 Å². The zero-order valence-corrected chi connectivity index (χ0v) is 16.0. The molecule has 1 unspecified atom stereocenters. The molecule has 1 aliphatic heterocycles. The maximum atomic E-state index is 12.8. The molecule has 1 saturated carbocycles. The van der Waals surface area contributed by atoms with Gasteiger partial charge >= 0.3 is 6.03 Å². The predicted molar refractivity (Wildman–Crippen MR) is 108 cm³/mol. The minimum Gasteiger partial charge on any atom is -0.497 e. The number of urea groups is 1. The summed E-state index contributed by atoms with van der Waals surface area (Å²) in [6, 6.07) is 15.1. The number of nitrogens with zero attached hydrogens (tertiary/aromatic N) is 1. The Balaban J connectivity index is 1.38. The van der Waals surface area contributed by atoms with Crippen LogP contribution in [-0.2, 0) is 4.79 Å². The SMILES string of the molecule is COc1ccc(C2CCCN2C(=O)Nc2ccc(NC(=O)C3CC3)cc2)cc1. The maximum Gasteiger partial charge on any atom is 0.322 e. The molecule has 1 aliphatic carbocycles. The standard InChI is InChI=1S/C22H25N3O3/c1-28-19-12-6-15(7-13-19)20-3-2-14-25(20)22(27)24-18-10-8-17(9-11-18)23-21(26)16-4-5-16/h6-13,16,20H,2-5,14H2,1H3,(H,23,26)(H,24,27). The lowest BCUT2D eigenvalue weighted by atomic mass is 10.0. The second kappa shape index (κ2) is 7.92. The van der Waals surface area contributed by atoms with Gasteiger partial charge in [0.05, 0.1) is 13.2 Å². The first-order valence-electron chi connectivity index (χ1n) is 9.76. The number of hydrogen-bond acceptors (Lipinski definition) is 3. The molecule has 1 saturated heterocycles. The number of rotatable bonds is 5. The smallest absolute Gasteiger partial charge is 0.322 e. The van der Waals surface area contributed by atoms with Crippen molar-refractivity contribution in [3.05, 3.63) is 54.1 Å². The summed E-state index contributed by atoms with van der Waals surface area (Å²) in [4.78, 5) is 26.5. The van der Waals surface area contributed by atoms with Crippen molar-refractivity contribution in [2.24, 2.45) is 5.92 Å². The highest BCUT2D eigenvalue weighted by Crippen LogP contribution is 2.33. The van der Waals surface area contributed by atoms with Gasteiger partial charge in [0, 0.05) is 23.8 Å². The topological polar surface area (TPSA) is 70.7 Å². The molecule has 3 amide bonds. The normalized spacial score (nSPS) is 18.6. The highest BCUT2D eigenvalue weighted by Gasteiger charge is 2.30. The summed E-state index contributed by atoms with van der Waals surface area (Å²) in [7, 11) is 1.65. The number of methoxy groups -OCH3 is 1. The van der Waals surface area contributed by atoms with Crippen LogP contribution in [0.1, 0.15) is 37.3 Å². The maximum absolute atomic E-state index is 12.8. The molecule has 6 heteroatoms. The van der Waals surface area contributed by atoms with Crippen molar-refractivity contribution in [1.29, 1.82) is 0 Å². The van der Waals surface area contributed by atoms with Gasteiger partial charge in [-0.15, -0.1) is 0 Å². The summed E-state index contributed by atoms with van der Waals surface area (Å²) in [5.74, 6) is 1.06. The average Bonchev–Trinajstić information content (AvgIpc) is 3.46. The molecule has 6 nitrogen and oxygen atoms in total. The van der Waals surface area contributed by atoms with Gasteiger partial charge < -0.3 is 20.3 Å². The minimum atomic E-state index is -0.104. The molecule has 2 N–H and O–H groups in total. The fourth-order valence-electron chi connectivity index (χ4n) is 3.60. The van der Waals surface area contributed by atoms with E-state index in [4.69, 9.17) is 4.74 Å². The van der Waals surface area contributed by atoms with E-state index in [1.807, 2.05) is 53.4 Å². The molecule has 0 bridgehead atoms. The van der Waals surface area contributed by atoms with E-state index < -0.39 is 0 Å². The number of nitrogens with one attached hydrogen (secondary N) is 2. The molecule has 1 atom stereocenters. The summed E-state index contributed by atoms with van der Waals surface area (Å²) in [6.07, 6.45) is 3.89. The van der Waals surface area contributed by atoms with Crippen LogP contribution >= 0.6 is 0 Å². The Hall–Kier alpha value is -3.02. The van der Waals surface area contributed by atoms with Gasteiger partial charge in [-0.3, -0.25) is 4.79 Å². The highest BCUT2D eigenvalue weighted by molar-refractivity contribution is 5.94. The molecule has 146 valence electrons. The van der Waals surface area contributed by atoms with Gasteiger partial charge in [0.2, 0.25) is 5.91 Å².